The largest absolute Gasteiger partial charge is 0.493 e. The molecule has 0 aliphatic rings. The van der Waals surface area contributed by atoms with Gasteiger partial charge in [-0.2, -0.15) is 0 Å². The SMILES string of the molecule is O=C(O)CCOc1ccc(Cl)c(F)c1. The van der Waals surface area contributed by atoms with Gasteiger partial charge >= 0.3 is 5.97 Å². The number of carboxylic acids is 1. The highest BCUT2D eigenvalue weighted by Crippen LogP contribution is 2.20. The van der Waals surface area contributed by atoms with E-state index in [-0.39, 0.29) is 23.8 Å². The Labute approximate surface area is 85.1 Å². The summed E-state index contributed by atoms with van der Waals surface area (Å²) in [6, 6.07) is 3.95. The van der Waals surface area contributed by atoms with Crippen molar-refractivity contribution in [3.05, 3.63) is 29.0 Å². The lowest BCUT2D eigenvalue weighted by Crippen LogP contribution is -2.04. The molecule has 0 amide bonds. The third kappa shape index (κ3) is 3.22. The molecule has 0 spiro atoms. The van der Waals surface area contributed by atoms with Gasteiger partial charge in [-0.3, -0.25) is 4.79 Å². The summed E-state index contributed by atoms with van der Waals surface area (Å²) in [5.41, 5.74) is 0. The van der Waals surface area contributed by atoms with Crippen LogP contribution in [0.25, 0.3) is 0 Å². The standard InChI is InChI=1S/C9H8ClFO3/c10-7-2-1-6(5-8(7)11)14-4-3-9(12)13/h1-2,5H,3-4H2,(H,12,13). The Morgan fingerprint density at radius 1 is 1.57 bits per heavy atom. The number of rotatable bonds is 4. The van der Waals surface area contributed by atoms with Gasteiger partial charge in [0.2, 0.25) is 0 Å². The van der Waals surface area contributed by atoms with E-state index in [9.17, 15) is 9.18 Å². The smallest absolute Gasteiger partial charge is 0.306 e. The minimum Gasteiger partial charge on any atom is -0.493 e. The summed E-state index contributed by atoms with van der Waals surface area (Å²) in [5.74, 6) is -1.27. The first-order chi connectivity index (χ1) is 6.59. The van der Waals surface area contributed by atoms with Crippen molar-refractivity contribution in [1.29, 1.82) is 0 Å². The van der Waals surface area contributed by atoms with Gasteiger partial charge in [0.05, 0.1) is 18.1 Å². The van der Waals surface area contributed by atoms with Gasteiger partial charge in [0.25, 0.3) is 0 Å². The molecule has 0 aromatic heterocycles. The van der Waals surface area contributed by atoms with Crippen molar-refractivity contribution in [1.82, 2.24) is 0 Å². The van der Waals surface area contributed by atoms with Gasteiger partial charge < -0.3 is 9.84 Å². The molecule has 0 unspecified atom stereocenters. The van der Waals surface area contributed by atoms with Crippen LogP contribution in [0.15, 0.2) is 18.2 Å². The Bertz CT molecular complexity index is 341. The molecule has 0 aliphatic heterocycles. The Morgan fingerprint density at radius 2 is 2.29 bits per heavy atom. The van der Waals surface area contributed by atoms with Crippen molar-refractivity contribution < 1.29 is 19.0 Å². The summed E-state index contributed by atoms with van der Waals surface area (Å²) in [7, 11) is 0. The quantitative estimate of drug-likeness (QED) is 0.844. The van der Waals surface area contributed by atoms with Crippen LogP contribution in [0.3, 0.4) is 0 Å². The third-order valence-electron chi connectivity index (χ3n) is 1.48. The molecule has 1 aromatic carbocycles. The Balaban J connectivity index is 2.51. The zero-order valence-corrected chi connectivity index (χ0v) is 7.92. The second-order valence-electron chi connectivity index (χ2n) is 2.57. The number of carboxylic acid groups (broad SMARTS) is 1. The average molecular weight is 219 g/mol. The summed E-state index contributed by atoms with van der Waals surface area (Å²) >= 11 is 5.44. The third-order valence-corrected chi connectivity index (χ3v) is 1.78. The molecule has 1 N–H and O–H groups in total. The average Bonchev–Trinajstić information content (AvgIpc) is 2.10. The van der Waals surface area contributed by atoms with Crippen molar-refractivity contribution in [2.24, 2.45) is 0 Å². The Morgan fingerprint density at radius 3 is 2.86 bits per heavy atom. The van der Waals surface area contributed by atoms with E-state index in [1.165, 1.54) is 12.1 Å². The zero-order chi connectivity index (χ0) is 10.6. The first kappa shape index (κ1) is 10.8. The number of aliphatic carboxylic acids is 1. The number of hydrogen-bond donors (Lipinski definition) is 1. The van der Waals surface area contributed by atoms with Crippen molar-refractivity contribution in [3.8, 4) is 5.75 Å². The molecule has 0 fully saturated rings. The number of halogens is 2. The molecular weight excluding hydrogens is 211 g/mol. The monoisotopic (exact) mass is 218 g/mol. The van der Waals surface area contributed by atoms with E-state index in [1.807, 2.05) is 0 Å². The summed E-state index contributed by atoms with van der Waals surface area (Å²) in [5, 5.41) is 8.32. The lowest BCUT2D eigenvalue weighted by molar-refractivity contribution is -0.137. The molecule has 76 valence electrons. The van der Waals surface area contributed by atoms with Gasteiger partial charge in [-0.05, 0) is 12.1 Å². The lowest BCUT2D eigenvalue weighted by Gasteiger charge is -2.04. The molecule has 0 bridgehead atoms. The lowest BCUT2D eigenvalue weighted by atomic mass is 10.3. The van der Waals surface area contributed by atoms with Crippen molar-refractivity contribution in [3.63, 3.8) is 0 Å². The molecule has 0 atom stereocenters. The second-order valence-corrected chi connectivity index (χ2v) is 2.98. The van der Waals surface area contributed by atoms with Crippen molar-refractivity contribution in [2.45, 2.75) is 6.42 Å². The molecule has 0 aliphatic carbocycles. The molecule has 3 nitrogen and oxygen atoms in total. The van der Waals surface area contributed by atoms with E-state index in [0.717, 1.165) is 6.07 Å². The first-order valence-electron chi connectivity index (χ1n) is 3.89. The molecule has 5 heteroatoms. The van der Waals surface area contributed by atoms with E-state index >= 15 is 0 Å². The van der Waals surface area contributed by atoms with E-state index in [0.29, 0.717) is 0 Å². The highest BCUT2D eigenvalue weighted by molar-refractivity contribution is 6.30. The van der Waals surface area contributed by atoms with Gasteiger partial charge in [-0.1, -0.05) is 11.6 Å². The van der Waals surface area contributed by atoms with Crippen LogP contribution >= 0.6 is 11.6 Å². The second kappa shape index (κ2) is 4.81. The summed E-state index contributed by atoms with van der Waals surface area (Å²) in [6.07, 6.45) is -0.121. The van der Waals surface area contributed by atoms with E-state index < -0.39 is 11.8 Å². The highest BCUT2D eigenvalue weighted by Gasteiger charge is 2.02. The van der Waals surface area contributed by atoms with Crippen molar-refractivity contribution >= 4 is 17.6 Å². The molecular formula is C9H8ClFO3. The summed E-state index contributed by atoms with van der Waals surface area (Å²) < 4.78 is 17.8. The molecule has 1 aromatic rings. The highest BCUT2D eigenvalue weighted by atomic mass is 35.5. The van der Waals surface area contributed by atoms with Gasteiger partial charge in [0.1, 0.15) is 11.6 Å². The van der Waals surface area contributed by atoms with E-state index in [1.54, 1.807) is 0 Å². The molecule has 0 saturated heterocycles. The maximum atomic E-state index is 12.8. The maximum absolute atomic E-state index is 12.8. The fourth-order valence-corrected chi connectivity index (χ4v) is 0.940. The molecule has 14 heavy (non-hydrogen) atoms. The van der Waals surface area contributed by atoms with Gasteiger partial charge in [0.15, 0.2) is 0 Å². The summed E-state index contributed by atoms with van der Waals surface area (Å²) in [4.78, 5) is 10.1. The minimum absolute atomic E-state index is 0.00980. The van der Waals surface area contributed by atoms with E-state index in [4.69, 9.17) is 21.4 Å². The van der Waals surface area contributed by atoms with E-state index in [2.05, 4.69) is 0 Å². The first-order valence-corrected chi connectivity index (χ1v) is 4.27. The minimum atomic E-state index is -0.959. The fraction of sp³-hybridized carbons (Fsp3) is 0.222. The molecule has 1 rings (SSSR count). The van der Waals surface area contributed by atoms with Crippen LogP contribution in [-0.4, -0.2) is 17.7 Å². The Hall–Kier alpha value is -1.29. The predicted octanol–water partition coefficient (Wildman–Crippen LogP) is 2.33. The van der Waals surface area contributed by atoms with Crippen LogP contribution in [0.4, 0.5) is 4.39 Å². The maximum Gasteiger partial charge on any atom is 0.306 e. The summed E-state index contributed by atoms with van der Waals surface area (Å²) in [6.45, 7) is 0.0103. The van der Waals surface area contributed by atoms with Crippen molar-refractivity contribution in [2.75, 3.05) is 6.61 Å². The fourth-order valence-electron chi connectivity index (χ4n) is 0.823. The van der Waals surface area contributed by atoms with Crippen LogP contribution in [0, 0.1) is 5.82 Å². The number of ether oxygens (including phenoxy) is 1. The van der Waals surface area contributed by atoms with Crippen LogP contribution in [0.5, 0.6) is 5.75 Å². The van der Waals surface area contributed by atoms with Gasteiger partial charge in [-0.15, -0.1) is 0 Å². The van der Waals surface area contributed by atoms with Gasteiger partial charge in [-0.25, -0.2) is 4.39 Å². The van der Waals surface area contributed by atoms with Crippen LogP contribution < -0.4 is 4.74 Å². The molecule has 0 radical (unpaired) electrons. The zero-order valence-electron chi connectivity index (χ0n) is 7.17. The molecule has 0 saturated carbocycles. The number of carbonyl (C=O) groups is 1. The van der Waals surface area contributed by atoms with Crippen LogP contribution in [-0.2, 0) is 4.79 Å². The molecule has 0 heterocycles. The van der Waals surface area contributed by atoms with Crippen LogP contribution in [0.2, 0.25) is 5.02 Å². The Kier molecular flexibility index (Phi) is 3.71. The number of hydrogen-bond acceptors (Lipinski definition) is 2. The van der Waals surface area contributed by atoms with Gasteiger partial charge in [0, 0.05) is 6.07 Å². The predicted molar refractivity (Wildman–Crippen MR) is 49.2 cm³/mol. The topological polar surface area (TPSA) is 46.5 Å². The number of benzene rings is 1. The normalized spacial score (nSPS) is 9.86. The van der Waals surface area contributed by atoms with Crippen LogP contribution in [0.1, 0.15) is 6.42 Å².